The van der Waals surface area contributed by atoms with Crippen molar-refractivity contribution in [2.24, 2.45) is 5.41 Å². The molecular formula is C19H24N2O5. The molecule has 7 nitrogen and oxygen atoms in total. The van der Waals surface area contributed by atoms with Crippen molar-refractivity contribution >= 4 is 23.5 Å². The Balaban J connectivity index is 1.63. The number of benzene rings is 1. The van der Waals surface area contributed by atoms with Crippen LogP contribution in [0.1, 0.15) is 24.8 Å². The van der Waals surface area contributed by atoms with Gasteiger partial charge in [-0.2, -0.15) is 0 Å². The van der Waals surface area contributed by atoms with Crippen LogP contribution in [0.2, 0.25) is 0 Å². The molecule has 1 saturated heterocycles. The zero-order chi connectivity index (χ0) is 18.7. The van der Waals surface area contributed by atoms with Gasteiger partial charge < -0.3 is 19.6 Å². The topological polar surface area (TPSA) is 87.2 Å². The predicted molar refractivity (Wildman–Crippen MR) is 94.9 cm³/mol. The minimum Gasteiger partial charge on any atom is -0.481 e. The summed E-state index contributed by atoms with van der Waals surface area (Å²) < 4.78 is 5.06. The number of amides is 2. The monoisotopic (exact) mass is 360 g/mol. The summed E-state index contributed by atoms with van der Waals surface area (Å²) >= 11 is 0. The highest BCUT2D eigenvalue weighted by Gasteiger charge is 2.46. The first-order valence-electron chi connectivity index (χ1n) is 8.85. The molecule has 0 spiro atoms. The highest BCUT2D eigenvalue weighted by atomic mass is 16.5. The van der Waals surface area contributed by atoms with Crippen molar-refractivity contribution in [3.8, 4) is 0 Å². The van der Waals surface area contributed by atoms with E-state index in [1.54, 1.807) is 9.80 Å². The summed E-state index contributed by atoms with van der Waals surface area (Å²) in [5, 5.41) is 9.50. The van der Waals surface area contributed by atoms with E-state index in [9.17, 15) is 19.5 Å². The van der Waals surface area contributed by atoms with Gasteiger partial charge >= 0.3 is 5.97 Å². The Labute approximate surface area is 152 Å². The molecule has 1 fully saturated rings. The largest absolute Gasteiger partial charge is 0.481 e. The summed E-state index contributed by atoms with van der Waals surface area (Å²) in [6.07, 6.45) is 1.74. The third kappa shape index (κ3) is 3.44. The SMILES string of the molecule is COCC1(C(=O)O)CCN(C(=O)CCN2C(=O)CCc3ccccc32)C1. The number of carbonyl (C=O) groups is 3. The number of methoxy groups -OCH3 is 1. The van der Waals surface area contributed by atoms with E-state index in [1.165, 1.54) is 7.11 Å². The maximum absolute atomic E-state index is 12.6. The van der Waals surface area contributed by atoms with Gasteiger partial charge in [-0.3, -0.25) is 14.4 Å². The molecular weight excluding hydrogens is 336 g/mol. The first kappa shape index (κ1) is 18.4. The maximum atomic E-state index is 12.6. The van der Waals surface area contributed by atoms with Crippen molar-refractivity contribution < 1.29 is 24.2 Å². The van der Waals surface area contributed by atoms with Crippen LogP contribution in [0.4, 0.5) is 5.69 Å². The molecule has 0 bridgehead atoms. The van der Waals surface area contributed by atoms with Gasteiger partial charge in [0.15, 0.2) is 0 Å². The van der Waals surface area contributed by atoms with Crippen LogP contribution in [0.25, 0.3) is 0 Å². The number of ether oxygens (including phenoxy) is 1. The molecule has 1 unspecified atom stereocenters. The number of carboxylic acids is 1. The molecule has 3 rings (SSSR count). The molecule has 1 N–H and O–H groups in total. The third-order valence-electron chi connectivity index (χ3n) is 5.32. The molecule has 0 radical (unpaired) electrons. The summed E-state index contributed by atoms with van der Waals surface area (Å²) in [4.78, 5) is 39.7. The van der Waals surface area contributed by atoms with Gasteiger partial charge in [-0.05, 0) is 24.5 Å². The Hall–Kier alpha value is -2.41. The quantitative estimate of drug-likeness (QED) is 0.826. The first-order valence-corrected chi connectivity index (χ1v) is 8.85. The molecule has 2 amide bonds. The van der Waals surface area contributed by atoms with E-state index in [-0.39, 0.29) is 31.4 Å². The number of rotatable bonds is 6. The minimum atomic E-state index is -1.03. The van der Waals surface area contributed by atoms with Crippen LogP contribution in [0, 0.1) is 5.41 Å². The van der Waals surface area contributed by atoms with Gasteiger partial charge in [-0.15, -0.1) is 0 Å². The average molecular weight is 360 g/mol. The fraction of sp³-hybridized carbons (Fsp3) is 0.526. The smallest absolute Gasteiger partial charge is 0.313 e. The standard InChI is InChI=1S/C19H24N2O5/c1-26-13-19(18(24)25)9-11-20(12-19)16(22)8-10-21-15-5-3-2-4-14(15)6-7-17(21)23/h2-5H,6-13H2,1H3,(H,24,25). The minimum absolute atomic E-state index is 0.0252. The van der Waals surface area contributed by atoms with Crippen molar-refractivity contribution in [3.05, 3.63) is 29.8 Å². The van der Waals surface area contributed by atoms with Gasteiger partial charge in [0.1, 0.15) is 5.41 Å². The van der Waals surface area contributed by atoms with Gasteiger partial charge in [0.2, 0.25) is 11.8 Å². The molecule has 140 valence electrons. The lowest BCUT2D eigenvalue weighted by Gasteiger charge is -2.30. The van der Waals surface area contributed by atoms with E-state index in [0.29, 0.717) is 25.9 Å². The highest BCUT2D eigenvalue weighted by molar-refractivity contribution is 5.97. The van der Waals surface area contributed by atoms with Crippen LogP contribution >= 0.6 is 0 Å². The zero-order valence-electron chi connectivity index (χ0n) is 14.9. The number of carboxylic acid groups (broad SMARTS) is 1. The van der Waals surface area contributed by atoms with Crippen LogP contribution in [0.15, 0.2) is 24.3 Å². The van der Waals surface area contributed by atoms with E-state index in [2.05, 4.69) is 0 Å². The van der Waals surface area contributed by atoms with Gasteiger partial charge in [0, 0.05) is 45.3 Å². The van der Waals surface area contributed by atoms with Crippen LogP contribution in [-0.4, -0.2) is 61.1 Å². The number of anilines is 1. The third-order valence-corrected chi connectivity index (χ3v) is 5.32. The molecule has 26 heavy (non-hydrogen) atoms. The van der Waals surface area contributed by atoms with Crippen molar-refractivity contribution in [2.45, 2.75) is 25.7 Å². The Bertz CT molecular complexity index is 720. The lowest BCUT2D eigenvalue weighted by molar-refractivity contribution is -0.151. The Morgan fingerprint density at radius 2 is 2.04 bits per heavy atom. The number of aryl methyl sites for hydroxylation is 1. The molecule has 7 heteroatoms. The summed E-state index contributed by atoms with van der Waals surface area (Å²) in [5.74, 6) is -1.04. The summed E-state index contributed by atoms with van der Waals surface area (Å²) in [7, 11) is 1.47. The fourth-order valence-corrected chi connectivity index (χ4v) is 3.82. The fourth-order valence-electron chi connectivity index (χ4n) is 3.82. The van der Waals surface area contributed by atoms with Crippen molar-refractivity contribution in [1.29, 1.82) is 0 Å². The molecule has 1 aromatic carbocycles. The van der Waals surface area contributed by atoms with Crippen molar-refractivity contribution in [2.75, 3.05) is 38.3 Å². The van der Waals surface area contributed by atoms with Gasteiger partial charge in [0.05, 0.1) is 6.61 Å². The second-order valence-electron chi connectivity index (χ2n) is 7.01. The highest BCUT2D eigenvalue weighted by Crippen LogP contribution is 2.32. The predicted octanol–water partition coefficient (Wildman–Crippen LogP) is 1.31. The summed E-state index contributed by atoms with van der Waals surface area (Å²) in [6, 6.07) is 7.74. The van der Waals surface area contributed by atoms with Gasteiger partial charge in [0.25, 0.3) is 0 Å². The molecule has 2 heterocycles. The number of hydrogen-bond acceptors (Lipinski definition) is 4. The van der Waals surface area contributed by atoms with E-state index < -0.39 is 11.4 Å². The normalized spacial score (nSPS) is 22.4. The molecule has 0 aromatic heterocycles. The number of para-hydroxylation sites is 1. The Kier molecular flexibility index (Phi) is 5.27. The van der Waals surface area contributed by atoms with Crippen LogP contribution in [0.5, 0.6) is 0 Å². The Morgan fingerprint density at radius 3 is 2.77 bits per heavy atom. The number of nitrogens with zero attached hydrogens (tertiary/aromatic N) is 2. The van der Waals surface area contributed by atoms with Gasteiger partial charge in [-0.1, -0.05) is 18.2 Å². The summed E-state index contributed by atoms with van der Waals surface area (Å²) in [6.45, 7) is 0.957. The van der Waals surface area contributed by atoms with Gasteiger partial charge in [-0.25, -0.2) is 0 Å². The molecule has 0 saturated carbocycles. The maximum Gasteiger partial charge on any atom is 0.313 e. The molecule has 1 aromatic rings. The Morgan fingerprint density at radius 1 is 1.27 bits per heavy atom. The number of fused-ring (bicyclic) bond motifs is 1. The van der Waals surface area contributed by atoms with E-state index in [4.69, 9.17) is 4.74 Å². The number of likely N-dealkylation sites (tertiary alicyclic amines) is 1. The lowest BCUT2D eigenvalue weighted by atomic mass is 9.88. The van der Waals surface area contributed by atoms with Crippen LogP contribution in [-0.2, 0) is 25.5 Å². The molecule has 0 aliphatic carbocycles. The zero-order valence-corrected chi connectivity index (χ0v) is 14.9. The number of aliphatic carboxylic acids is 1. The average Bonchev–Trinajstić information content (AvgIpc) is 3.07. The second kappa shape index (κ2) is 7.45. The molecule has 2 aliphatic rings. The summed E-state index contributed by atoms with van der Waals surface area (Å²) in [5.41, 5.74) is 0.959. The van der Waals surface area contributed by atoms with Crippen LogP contribution < -0.4 is 4.90 Å². The number of hydrogen-bond donors (Lipinski definition) is 1. The van der Waals surface area contributed by atoms with E-state index >= 15 is 0 Å². The van der Waals surface area contributed by atoms with Crippen LogP contribution in [0.3, 0.4) is 0 Å². The molecule has 1 atom stereocenters. The second-order valence-corrected chi connectivity index (χ2v) is 7.01. The lowest BCUT2D eigenvalue weighted by Crippen LogP contribution is -2.42. The number of carbonyl (C=O) groups excluding carboxylic acids is 2. The van der Waals surface area contributed by atoms with E-state index in [0.717, 1.165) is 17.7 Å². The first-order chi connectivity index (χ1) is 12.5. The van der Waals surface area contributed by atoms with E-state index in [1.807, 2.05) is 24.3 Å². The molecule has 2 aliphatic heterocycles. The van der Waals surface area contributed by atoms with Crippen molar-refractivity contribution in [3.63, 3.8) is 0 Å². The van der Waals surface area contributed by atoms with Crippen molar-refractivity contribution in [1.82, 2.24) is 4.90 Å².